The topological polar surface area (TPSA) is 55.9 Å². The lowest BCUT2D eigenvalue weighted by atomic mass is 10.0. The predicted octanol–water partition coefficient (Wildman–Crippen LogP) is 2.25. The van der Waals surface area contributed by atoms with Crippen molar-refractivity contribution >= 4 is 11.6 Å². The number of halogens is 2. The monoisotopic (exact) mass is 268 g/mol. The lowest BCUT2D eigenvalue weighted by molar-refractivity contribution is 0.542. The van der Waals surface area contributed by atoms with Crippen molar-refractivity contribution in [2.75, 3.05) is 0 Å². The molecule has 6 heteroatoms. The maximum absolute atomic E-state index is 13.0. The minimum atomic E-state index is -0.372. The van der Waals surface area contributed by atoms with E-state index in [4.69, 9.17) is 17.4 Å². The highest BCUT2D eigenvalue weighted by atomic mass is 35.5. The van der Waals surface area contributed by atoms with Crippen molar-refractivity contribution in [2.24, 2.45) is 5.84 Å². The molecule has 0 aliphatic rings. The lowest BCUT2D eigenvalue weighted by Gasteiger charge is -2.18. The Kier molecular flexibility index (Phi) is 3.96. The van der Waals surface area contributed by atoms with Crippen molar-refractivity contribution in [1.82, 2.24) is 15.2 Å². The van der Waals surface area contributed by atoms with Gasteiger partial charge >= 0.3 is 0 Å². The van der Waals surface area contributed by atoms with E-state index < -0.39 is 0 Å². The van der Waals surface area contributed by atoms with Crippen molar-refractivity contribution in [3.8, 4) is 0 Å². The van der Waals surface area contributed by atoms with Crippen LogP contribution < -0.4 is 11.3 Å². The van der Waals surface area contributed by atoms with Crippen LogP contribution in [0.1, 0.15) is 24.2 Å². The SMILES string of the molecule is CCn1nccc1C(NN)c1ccc(F)cc1Cl. The highest BCUT2D eigenvalue weighted by Gasteiger charge is 2.19. The largest absolute Gasteiger partial charge is 0.271 e. The van der Waals surface area contributed by atoms with Crippen molar-refractivity contribution in [3.05, 3.63) is 52.6 Å². The third-order valence-electron chi connectivity index (χ3n) is 2.78. The van der Waals surface area contributed by atoms with Crippen molar-refractivity contribution in [3.63, 3.8) is 0 Å². The summed E-state index contributed by atoms with van der Waals surface area (Å²) in [5.41, 5.74) is 4.29. The van der Waals surface area contributed by atoms with Gasteiger partial charge in [-0.3, -0.25) is 10.5 Å². The Morgan fingerprint density at radius 2 is 2.28 bits per heavy atom. The van der Waals surface area contributed by atoms with Crippen LogP contribution in [-0.4, -0.2) is 9.78 Å². The fourth-order valence-corrected chi connectivity index (χ4v) is 2.20. The minimum absolute atomic E-state index is 0.319. The van der Waals surface area contributed by atoms with Gasteiger partial charge in [0.2, 0.25) is 0 Å². The van der Waals surface area contributed by atoms with E-state index in [9.17, 15) is 4.39 Å². The number of nitrogens with zero attached hydrogens (tertiary/aromatic N) is 2. The van der Waals surface area contributed by atoms with E-state index in [1.54, 1.807) is 12.3 Å². The molecule has 0 amide bonds. The third-order valence-corrected chi connectivity index (χ3v) is 3.11. The molecule has 2 rings (SSSR count). The summed E-state index contributed by atoms with van der Waals surface area (Å²) in [4.78, 5) is 0. The van der Waals surface area contributed by atoms with Crippen LogP contribution in [0.5, 0.6) is 0 Å². The van der Waals surface area contributed by atoms with Crippen LogP contribution in [-0.2, 0) is 6.54 Å². The second-order valence-electron chi connectivity index (χ2n) is 3.84. The van der Waals surface area contributed by atoms with Gasteiger partial charge in [0.25, 0.3) is 0 Å². The van der Waals surface area contributed by atoms with E-state index in [0.29, 0.717) is 5.02 Å². The van der Waals surface area contributed by atoms with Crippen LogP contribution in [0.25, 0.3) is 0 Å². The molecule has 3 N–H and O–H groups in total. The van der Waals surface area contributed by atoms with Gasteiger partial charge in [0, 0.05) is 17.8 Å². The van der Waals surface area contributed by atoms with Crippen molar-refractivity contribution < 1.29 is 4.39 Å². The molecule has 0 bridgehead atoms. The van der Waals surface area contributed by atoms with Crippen LogP contribution in [0.3, 0.4) is 0 Å². The minimum Gasteiger partial charge on any atom is -0.271 e. The van der Waals surface area contributed by atoms with Crippen LogP contribution in [0.15, 0.2) is 30.5 Å². The Bertz CT molecular complexity index is 541. The zero-order valence-electron chi connectivity index (χ0n) is 9.90. The van der Waals surface area contributed by atoms with Gasteiger partial charge in [0.1, 0.15) is 5.82 Å². The maximum atomic E-state index is 13.0. The van der Waals surface area contributed by atoms with E-state index in [-0.39, 0.29) is 11.9 Å². The lowest BCUT2D eigenvalue weighted by Crippen LogP contribution is -2.31. The molecule has 0 aliphatic heterocycles. The zero-order chi connectivity index (χ0) is 13.1. The number of rotatable bonds is 4. The average molecular weight is 269 g/mol. The summed E-state index contributed by atoms with van der Waals surface area (Å²) in [5, 5.41) is 4.52. The molecular formula is C12H14ClFN4. The predicted molar refractivity (Wildman–Crippen MR) is 68.5 cm³/mol. The highest BCUT2D eigenvalue weighted by Crippen LogP contribution is 2.28. The normalized spacial score (nSPS) is 12.7. The smallest absolute Gasteiger partial charge is 0.124 e. The van der Waals surface area contributed by atoms with Crippen molar-refractivity contribution in [2.45, 2.75) is 19.5 Å². The van der Waals surface area contributed by atoms with Gasteiger partial charge in [-0.05, 0) is 30.7 Å². The Morgan fingerprint density at radius 3 is 2.89 bits per heavy atom. The number of hydrogen-bond acceptors (Lipinski definition) is 3. The van der Waals surface area contributed by atoms with Gasteiger partial charge in [0.15, 0.2) is 0 Å². The molecule has 1 aromatic carbocycles. The average Bonchev–Trinajstić information content (AvgIpc) is 2.81. The fraction of sp³-hybridized carbons (Fsp3) is 0.250. The summed E-state index contributed by atoms with van der Waals surface area (Å²) in [5.74, 6) is 5.21. The molecule has 1 atom stereocenters. The number of hydrazine groups is 1. The van der Waals surface area contributed by atoms with Gasteiger partial charge in [-0.2, -0.15) is 5.10 Å². The maximum Gasteiger partial charge on any atom is 0.124 e. The molecule has 0 aliphatic carbocycles. The number of benzene rings is 1. The number of aromatic nitrogens is 2. The number of hydrogen-bond donors (Lipinski definition) is 2. The first-order valence-corrected chi connectivity index (χ1v) is 5.98. The molecule has 0 radical (unpaired) electrons. The van der Waals surface area contributed by atoms with Crippen LogP contribution >= 0.6 is 11.6 Å². The molecule has 1 unspecified atom stereocenters. The Hall–Kier alpha value is -1.43. The van der Waals surface area contributed by atoms with Crippen LogP contribution in [0, 0.1) is 5.82 Å². The molecule has 0 saturated heterocycles. The van der Waals surface area contributed by atoms with E-state index in [0.717, 1.165) is 17.8 Å². The second kappa shape index (κ2) is 5.48. The zero-order valence-corrected chi connectivity index (χ0v) is 10.7. The summed E-state index contributed by atoms with van der Waals surface area (Å²) < 4.78 is 14.9. The molecule has 1 aromatic heterocycles. The van der Waals surface area contributed by atoms with E-state index in [2.05, 4.69) is 10.5 Å². The Morgan fingerprint density at radius 1 is 1.50 bits per heavy atom. The highest BCUT2D eigenvalue weighted by molar-refractivity contribution is 6.31. The molecular weight excluding hydrogens is 255 g/mol. The van der Waals surface area contributed by atoms with Gasteiger partial charge in [-0.1, -0.05) is 17.7 Å². The summed E-state index contributed by atoms with van der Waals surface area (Å²) in [6.45, 7) is 2.70. The fourth-order valence-electron chi connectivity index (χ4n) is 1.92. The summed E-state index contributed by atoms with van der Waals surface area (Å²) in [7, 11) is 0. The van der Waals surface area contributed by atoms with Gasteiger partial charge in [-0.25, -0.2) is 9.82 Å². The first kappa shape index (κ1) is 13.0. The third kappa shape index (κ3) is 2.38. The number of nitrogens with one attached hydrogen (secondary N) is 1. The molecule has 0 spiro atoms. The Labute approximate surface area is 110 Å². The summed E-state index contributed by atoms with van der Waals surface area (Å²) in [6.07, 6.45) is 1.70. The molecule has 2 aromatic rings. The van der Waals surface area contributed by atoms with E-state index >= 15 is 0 Å². The molecule has 0 fully saturated rings. The van der Waals surface area contributed by atoms with E-state index in [1.807, 2.05) is 17.7 Å². The molecule has 0 saturated carbocycles. The van der Waals surface area contributed by atoms with Crippen LogP contribution in [0.2, 0.25) is 5.02 Å². The summed E-state index contributed by atoms with van der Waals surface area (Å²) >= 11 is 6.05. The molecule has 18 heavy (non-hydrogen) atoms. The van der Waals surface area contributed by atoms with Crippen LogP contribution in [0.4, 0.5) is 4.39 Å². The van der Waals surface area contributed by atoms with E-state index in [1.165, 1.54) is 12.1 Å². The first-order valence-electron chi connectivity index (χ1n) is 5.60. The van der Waals surface area contributed by atoms with Gasteiger partial charge in [0.05, 0.1) is 11.7 Å². The Balaban J connectivity index is 2.45. The molecule has 4 nitrogen and oxygen atoms in total. The standard InChI is InChI=1S/C12H14ClFN4/c1-2-18-11(5-6-16-18)12(17-15)9-4-3-8(14)7-10(9)13/h3-7,12,17H,2,15H2,1H3. The van der Waals surface area contributed by atoms with Crippen molar-refractivity contribution in [1.29, 1.82) is 0 Å². The number of nitrogens with two attached hydrogens (primary N) is 1. The van der Waals surface area contributed by atoms with Gasteiger partial charge < -0.3 is 0 Å². The first-order chi connectivity index (χ1) is 8.67. The molecule has 1 heterocycles. The number of aryl methyl sites for hydroxylation is 1. The molecule has 96 valence electrons. The van der Waals surface area contributed by atoms with Gasteiger partial charge in [-0.15, -0.1) is 0 Å². The second-order valence-corrected chi connectivity index (χ2v) is 4.24. The quantitative estimate of drug-likeness (QED) is 0.661. The summed E-state index contributed by atoms with van der Waals surface area (Å²) in [6, 6.07) is 5.79.